The van der Waals surface area contributed by atoms with Crippen LogP contribution in [-0.4, -0.2) is 59.1 Å². The number of benzene rings is 2. The molecule has 10 heteroatoms. The van der Waals surface area contributed by atoms with Gasteiger partial charge in [0, 0.05) is 18.6 Å². The zero-order chi connectivity index (χ0) is 24.6. The van der Waals surface area contributed by atoms with Gasteiger partial charge in [-0.25, -0.2) is 0 Å². The zero-order valence-corrected chi connectivity index (χ0v) is 18.6. The van der Waals surface area contributed by atoms with Crippen molar-refractivity contribution in [3.8, 4) is 28.6 Å². The average Bonchev–Trinajstić information content (AvgIpc) is 2.80. The van der Waals surface area contributed by atoms with E-state index in [1.807, 2.05) is 0 Å². The molecule has 3 N–H and O–H groups in total. The molecule has 1 aliphatic heterocycles. The van der Waals surface area contributed by atoms with Gasteiger partial charge < -0.3 is 38.7 Å². The van der Waals surface area contributed by atoms with E-state index in [0.29, 0.717) is 11.3 Å². The van der Waals surface area contributed by atoms with Crippen molar-refractivity contribution in [1.29, 1.82) is 0 Å². The summed E-state index contributed by atoms with van der Waals surface area (Å²) in [5.74, 6) is 0.270. The highest BCUT2D eigenvalue weighted by molar-refractivity contribution is 5.85. The Morgan fingerprint density at radius 2 is 1.74 bits per heavy atom. The Kier molecular flexibility index (Phi) is 6.58. The number of aliphatic hydroxyl groups excluding tert-OH is 3. The molecular weight excluding hydrogens is 448 g/mol. The Morgan fingerprint density at radius 1 is 0.971 bits per heavy atom. The normalized spacial score (nSPS) is 24.6. The number of methoxy groups -OCH3 is 1. The lowest BCUT2D eigenvalue weighted by molar-refractivity contribution is -0.267. The van der Waals surface area contributed by atoms with E-state index in [4.69, 9.17) is 23.4 Å². The van der Waals surface area contributed by atoms with Crippen molar-refractivity contribution in [3.63, 3.8) is 0 Å². The van der Waals surface area contributed by atoms with Crippen LogP contribution in [0.2, 0.25) is 0 Å². The number of hydrogen-bond donors (Lipinski definition) is 3. The predicted molar refractivity (Wildman–Crippen MR) is 119 cm³/mol. The summed E-state index contributed by atoms with van der Waals surface area (Å²) in [6.07, 6.45) is -6.41. The summed E-state index contributed by atoms with van der Waals surface area (Å²) in [4.78, 5) is 24.5. The van der Waals surface area contributed by atoms with E-state index in [2.05, 4.69) is 0 Å². The quantitative estimate of drug-likeness (QED) is 0.370. The smallest absolute Gasteiger partial charge is 0.308 e. The maximum atomic E-state index is 13.0. The Hall–Kier alpha value is -3.44. The van der Waals surface area contributed by atoms with Crippen LogP contribution in [0.3, 0.4) is 0 Å². The van der Waals surface area contributed by atoms with Gasteiger partial charge in [0.2, 0.25) is 6.29 Å². The summed E-state index contributed by atoms with van der Waals surface area (Å²) in [6.45, 7) is 2.79. The maximum Gasteiger partial charge on any atom is 0.308 e. The van der Waals surface area contributed by atoms with Crippen LogP contribution in [0.15, 0.2) is 51.7 Å². The summed E-state index contributed by atoms with van der Waals surface area (Å²) in [5.41, 5.74) is 0.235. The SMILES string of the molecule is COc1ccc(-c2cc(=O)c3c(O[C@H]4O[C@@H](C)[C@H](O)[C@@H](O)[C@H]4O)cccc3o2)cc1OC(C)=O. The summed E-state index contributed by atoms with van der Waals surface area (Å²) in [5, 5.41) is 30.2. The number of hydrogen-bond acceptors (Lipinski definition) is 10. The molecule has 0 bridgehead atoms. The minimum atomic E-state index is -1.54. The van der Waals surface area contributed by atoms with Gasteiger partial charge in [-0.2, -0.15) is 0 Å². The summed E-state index contributed by atoms with van der Waals surface area (Å²) < 4.78 is 27.5. The molecular formula is C24H24O10. The largest absolute Gasteiger partial charge is 0.493 e. The van der Waals surface area contributed by atoms with Crippen LogP contribution in [-0.2, 0) is 9.53 Å². The molecule has 0 saturated carbocycles. The van der Waals surface area contributed by atoms with Gasteiger partial charge in [0.05, 0.1) is 13.2 Å². The molecule has 2 heterocycles. The van der Waals surface area contributed by atoms with Crippen LogP contribution in [0.5, 0.6) is 17.2 Å². The molecule has 1 aliphatic rings. The van der Waals surface area contributed by atoms with Crippen LogP contribution in [0.1, 0.15) is 13.8 Å². The van der Waals surface area contributed by atoms with Crippen LogP contribution >= 0.6 is 0 Å². The molecule has 10 nitrogen and oxygen atoms in total. The van der Waals surface area contributed by atoms with Gasteiger partial charge in [0.15, 0.2) is 16.9 Å². The van der Waals surface area contributed by atoms with E-state index in [1.54, 1.807) is 24.3 Å². The van der Waals surface area contributed by atoms with Crippen LogP contribution < -0.4 is 19.6 Å². The molecule has 0 unspecified atom stereocenters. The van der Waals surface area contributed by atoms with Crippen molar-refractivity contribution >= 4 is 16.9 Å². The molecule has 4 rings (SSSR count). The number of ether oxygens (including phenoxy) is 4. The molecule has 3 aromatic rings. The Labute approximate surface area is 193 Å². The van der Waals surface area contributed by atoms with E-state index >= 15 is 0 Å². The first-order chi connectivity index (χ1) is 16.2. The fraction of sp³-hybridized carbons (Fsp3) is 0.333. The van der Waals surface area contributed by atoms with Gasteiger partial charge in [0.25, 0.3) is 0 Å². The first-order valence-corrected chi connectivity index (χ1v) is 10.5. The molecule has 34 heavy (non-hydrogen) atoms. The molecule has 5 atom stereocenters. The fourth-order valence-corrected chi connectivity index (χ4v) is 3.72. The third-order valence-electron chi connectivity index (χ3n) is 5.47. The molecule has 1 aromatic heterocycles. The Balaban J connectivity index is 1.71. The predicted octanol–water partition coefficient (Wildman–Crippen LogP) is 1.60. The molecule has 0 radical (unpaired) electrons. The third kappa shape index (κ3) is 4.48. The Morgan fingerprint density at radius 3 is 2.44 bits per heavy atom. The van der Waals surface area contributed by atoms with Crippen molar-refractivity contribution in [2.45, 2.75) is 44.6 Å². The topological polar surface area (TPSA) is 145 Å². The van der Waals surface area contributed by atoms with Crippen molar-refractivity contribution in [2.24, 2.45) is 0 Å². The molecule has 2 aromatic carbocycles. The number of esters is 1. The standard InChI is InChI=1S/C24H24O10/c1-11-21(27)22(28)23(29)24(31-11)34-17-6-4-5-16-20(17)14(26)10-18(33-16)13-7-8-15(30-3)19(9-13)32-12(2)25/h4-11,21-24,27-29H,1-3H3/t11-,21-,22+,23+,24+/m0/s1. The van der Waals surface area contributed by atoms with Crippen molar-refractivity contribution in [3.05, 3.63) is 52.7 Å². The molecule has 0 amide bonds. The molecule has 0 aliphatic carbocycles. The average molecular weight is 472 g/mol. The molecule has 0 spiro atoms. The molecule has 1 fully saturated rings. The summed E-state index contributed by atoms with van der Waals surface area (Å²) >= 11 is 0. The van der Waals surface area contributed by atoms with E-state index < -0.39 is 42.1 Å². The second-order valence-electron chi connectivity index (χ2n) is 7.86. The summed E-state index contributed by atoms with van der Waals surface area (Å²) in [6, 6.07) is 10.7. The van der Waals surface area contributed by atoms with Crippen molar-refractivity contribution < 1.29 is 43.5 Å². The second kappa shape index (κ2) is 9.43. The van der Waals surface area contributed by atoms with Gasteiger partial charge in [-0.15, -0.1) is 0 Å². The van der Waals surface area contributed by atoms with Gasteiger partial charge in [0.1, 0.15) is 40.8 Å². The second-order valence-corrected chi connectivity index (χ2v) is 7.86. The lowest BCUT2D eigenvalue weighted by Gasteiger charge is -2.38. The minimum Gasteiger partial charge on any atom is -0.493 e. The van der Waals surface area contributed by atoms with Crippen LogP contribution in [0, 0.1) is 0 Å². The number of carbonyl (C=O) groups is 1. The monoisotopic (exact) mass is 472 g/mol. The first-order valence-electron chi connectivity index (χ1n) is 10.5. The molecule has 180 valence electrons. The lowest BCUT2D eigenvalue weighted by atomic mass is 10.00. The van der Waals surface area contributed by atoms with E-state index in [0.717, 1.165) is 0 Å². The highest BCUT2D eigenvalue weighted by atomic mass is 16.7. The summed E-state index contributed by atoms with van der Waals surface area (Å²) in [7, 11) is 1.44. The van der Waals surface area contributed by atoms with Gasteiger partial charge in [-0.3, -0.25) is 9.59 Å². The van der Waals surface area contributed by atoms with Gasteiger partial charge in [-0.05, 0) is 37.3 Å². The zero-order valence-electron chi connectivity index (χ0n) is 18.6. The third-order valence-corrected chi connectivity index (χ3v) is 5.47. The number of fused-ring (bicyclic) bond motifs is 1. The van der Waals surface area contributed by atoms with Gasteiger partial charge in [-0.1, -0.05) is 6.07 Å². The van der Waals surface area contributed by atoms with Crippen molar-refractivity contribution in [1.82, 2.24) is 0 Å². The minimum absolute atomic E-state index is 0.0768. The number of carbonyl (C=O) groups excluding carboxylic acids is 1. The fourth-order valence-electron chi connectivity index (χ4n) is 3.72. The van der Waals surface area contributed by atoms with Crippen LogP contribution in [0.4, 0.5) is 0 Å². The van der Waals surface area contributed by atoms with Gasteiger partial charge >= 0.3 is 5.97 Å². The maximum absolute atomic E-state index is 13.0. The van der Waals surface area contributed by atoms with E-state index in [1.165, 1.54) is 39.2 Å². The van der Waals surface area contributed by atoms with E-state index in [9.17, 15) is 24.9 Å². The first kappa shape index (κ1) is 23.7. The highest BCUT2D eigenvalue weighted by Crippen LogP contribution is 2.34. The highest BCUT2D eigenvalue weighted by Gasteiger charge is 2.43. The van der Waals surface area contributed by atoms with Crippen LogP contribution in [0.25, 0.3) is 22.3 Å². The Bertz CT molecular complexity index is 1270. The molecule has 1 saturated heterocycles. The number of aliphatic hydroxyl groups is 3. The lowest BCUT2D eigenvalue weighted by Crippen LogP contribution is -2.58. The van der Waals surface area contributed by atoms with E-state index in [-0.39, 0.29) is 28.2 Å². The van der Waals surface area contributed by atoms with Crippen molar-refractivity contribution in [2.75, 3.05) is 7.11 Å². The number of rotatable bonds is 5.